The van der Waals surface area contributed by atoms with E-state index >= 15 is 0 Å². The summed E-state index contributed by atoms with van der Waals surface area (Å²) in [6.07, 6.45) is -3.39. The van der Waals surface area contributed by atoms with E-state index in [0.29, 0.717) is 5.76 Å². The number of aromatic nitrogens is 2. The van der Waals surface area contributed by atoms with Crippen LogP contribution in [0.4, 0.5) is 19.0 Å². The number of fused-ring (bicyclic) bond motifs is 1. The maximum absolute atomic E-state index is 13.5. The van der Waals surface area contributed by atoms with Crippen LogP contribution in [0, 0.1) is 0 Å². The van der Waals surface area contributed by atoms with Crippen LogP contribution in [0.25, 0.3) is 0 Å². The van der Waals surface area contributed by atoms with Gasteiger partial charge in [0.25, 0.3) is 5.91 Å². The van der Waals surface area contributed by atoms with Crippen molar-refractivity contribution in [1.82, 2.24) is 15.1 Å². The number of carbonyl (C=O) groups is 1. The van der Waals surface area contributed by atoms with Gasteiger partial charge in [-0.25, -0.2) is 4.68 Å². The first-order chi connectivity index (χ1) is 12.3. The Morgan fingerprint density at radius 3 is 2.96 bits per heavy atom. The number of furan rings is 1. The van der Waals surface area contributed by atoms with E-state index in [2.05, 4.69) is 15.7 Å². The van der Waals surface area contributed by atoms with Gasteiger partial charge in [-0.3, -0.25) is 4.79 Å². The topological polar surface area (TPSA) is 81.3 Å². The Labute approximate surface area is 147 Å². The van der Waals surface area contributed by atoms with Crippen molar-refractivity contribution in [2.24, 2.45) is 0 Å². The summed E-state index contributed by atoms with van der Waals surface area (Å²) in [6.45, 7) is 2.00. The quantitative estimate of drug-likeness (QED) is 0.844. The summed E-state index contributed by atoms with van der Waals surface area (Å²) in [6, 6.07) is 1.71. The molecule has 0 unspecified atom stereocenters. The van der Waals surface area contributed by atoms with Gasteiger partial charge in [0.15, 0.2) is 11.7 Å². The highest BCUT2D eigenvalue weighted by atomic mass is 19.4. The number of rotatable bonds is 5. The third kappa shape index (κ3) is 3.69. The van der Waals surface area contributed by atoms with Crippen LogP contribution in [0.2, 0.25) is 0 Å². The minimum atomic E-state index is -4.51. The molecule has 0 radical (unpaired) electrons. The van der Waals surface area contributed by atoms with E-state index in [1.54, 1.807) is 19.1 Å². The zero-order chi connectivity index (χ0) is 18.9. The third-order valence-electron chi connectivity index (χ3n) is 4.10. The third-order valence-corrected chi connectivity index (χ3v) is 4.10. The highest BCUT2D eigenvalue weighted by Gasteiger charge is 2.47. The fraction of sp³-hybridized carbons (Fsp3) is 0.500. The van der Waals surface area contributed by atoms with E-state index in [-0.39, 0.29) is 30.6 Å². The first-order valence-corrected chi connectivity index (χ1v) is 8.05. The van der Waals surface area contributed by atoms with Crippen LogP contribution in [0.15, 0.2) is 28.9 Å². The van der Waals surface area contributed by atoms with Gasteiger partial charge in [0.1, 0.15) is 11.6 Å². The Kier molecular flexibility index (Phi) is 4.94. The molecular weight excluding hydrogens is 353 g/mol. The number of anilines is 1. The number of alkyl halides is 3. The monoisotopic (exact) mass is 372 g/mol. The maximum Gasteiger partial charge on any atom is 0.410 e. The predicted molar refractivity (Wildman–Crippen MR) is 85.8 cm³/mol. The number of nitrogens with zero attached hydrogens (tertiary/aromatic N) is 2. The van der Waals surface area contributed by atoms with Crippen LogP contribution in [0.5, 0.6) is 0 Å². The molecule has 0 saturated carbocycles. The van der Waals surface area contributed by atoms with E-state index in [4.69, 9.17) is 9.15 Å². The maximum atomic E-state index is 13.5. The summed E-state index contributed by atoms with van der Waals surface area (Å²) in [5.74, 6) is -0.0512. The van der Waals surface area contributed by atoms with E-state index in [1.807, 2.05) is 0 Å². The van der Waals surface area contributed by atoms with E-state index < -0.39 is 24.2 Å². The minimum absolute atomic E-state index is 0.0928. The molecule has 142 valence electrons. The standard InChI is InChI=1S/C16H19F3N4O3/c1-9(8-25-2)20-15(24)11-7-14-21-10(12-4-3-5-26-12)6-13(16(17,18)19)23(14)22-11/h3-5,7,9-10,13,21H,6,8H2,1-2H3,(H,20,24)/t9-,10+,13-/m0/s1. The zero-order valence-corrected chi connectivity index (χ0v) is 14.2. The lowest BCUT2D eigenvalue weighted by Gasteiger charge is -2.32. The van der Waals surface area contributed by atoms with Crippen molar-refractivity contribution in [2.45, 2.75) is 37.6 Å². The van der Waals surface area contributed by atoms with Gasteiger partial charge in [0.2, 0.25) is 0 Å². The molecule has 0 bridgehead atoms. The zero-order valence-electron chi connectivity index (χ0n) is 14.2. The van der Waals surface area contributed by atoms with Gasteiger partial charge in [-0.2, -0.15) is 18.3 Å². The average molecular weight is 372 g/mol. The normalized spacial score (nSPS) is 21.0. The Morgan fingerprint density at radius 2 is 2.35 bits per heavy atom. The first-order valence-electron chi connectivity index (χ1n) is 8.05. The number of ether oxygens (including phenoxy) is 1. The smallest absolute Gasteiger partial charge is 0.410 e. The van der Waals surface area contributed by atoms with Gasteiger partial charge in [0, 0.05) is 25.6 Å². The van der Waals surface area contributed by atoms with Crippen LogP contribution < -0.4 is 10.6 Å². The highest BCUT2D eigenvalue weighted by molar-refractivity contribution is 5.93. The van der Waals surface area contributed by atoms with E-state index in [0.717, 1.165) is 4.68 Å². The van der Waals surface area contributed by atoms with Crippen LogP contribution >= 0.6 is 0 Å². The molecule has 3 rings (SSSR count). The van der Waals surface area contributed by atoms with Crippen LogP contribution in [-0.4, -0.2) is 41.6 Å². The summed E-state index contributed by atoms with van der Waals surface area (Å²) < 4.78 is 51.5. The molecule has 1 amide bonds. The van der Waals surface area contributed by atoms with Crippen molar-refractivity contribution in [3.05, 3.63) is 35.9 Å². The lowest BCUT2D eigenvalue weighted by molar-refractivity contribution is -0.174. The lowest BCUT2D eigenvalue weighted by Crippen LogP contribution is -2.37. The van der Waals surface area contributed by atoms with Gasteiger partial charge < -0.3 is 19.8 Å². The average Bonchev–Trinajstić information content (AvgIpc) is 3.22. The SMILES string of the molecule is COC[C@H](C)NC(=O)c1cc2n(n1)[C@H](C(F)(F)F)C[C@H](c1ccco1)N2. The second-order valence-corrected chi connectivity index (χ2v) is 6.19. The Morgan fingerprint density at radius 1 is 1.58 bits per heavy atom. The van der Waals surface area contributed by atoms with Crippen LogP contribution in [0.3, 0.4) is 0 Å². The molecule has 2 N–H and O–H groups in total. The summed E-state index contributed by atoms with van der Waals surface area (Å²) in [7, 11) is 1.49. The summed E-state index contributed by atoms with van der Waals surface area (Å²) in [5, 5.41) is 9.47. The van der Waals surface area contributed by atoms with Crippen molar-refractivity contribution < 1.29 is 27.1 Å². The van der Waals surface area contributed by atoms with E-state index in [1.165, 1.54) is 19.4 Å². The summed E-state index contributed by atoms with van der Waals surface area (Å²) >= 11 is 0. The minimum Gasteiger partial charge on any atom is -0.467 e. The summed E-state index contributed by atoms with van der Waals surface area (Å²) in [5.41, 5.74) is -0.0928. The van der Waals surface area contributed by atoms with Gasteiger partial charge in [0.05, 0.1) is 18.9 Å². The van der Waals surface area contributed by atoms with Gasteiger partial charge in [-0.15, -0.1) is 0 Å². The molecule has 3 atom stereocenters. The predicted octanol–water partition coefficient (Wildman–Crippen LogP) is 2.90. The number of halogens is 3. The number of carbonyl (C=O) groups excluding carboxylic acids is 1. The molecule has 1 aliphatic rings. The molecule has 26 heavy (non-hydrogen) atoms. The molecule has 0 aliphatic carbocycles. The van der Waals surface area contributed by atoms with Crippen molar-refractivity contribution in [2.75, 3.05) is 19.0 Å². The van der Waals surface area contributed by atoms with Gasteiger partial charge in [-0.1, -0.05) is 0 Å². The van der Waals surface area contributed by atoms with Crippen molar-refractivity contribution in [3.8, 4) is 0 Å². The number of hydrogen-bond donors (Lipinski definition) is 2. The molecule has 10 heteroatoms. The molecule has 0 spiro atoms. The molecule has 7 nitrogen and oxygen atoms in total. The van der Waals surface area contributed by atoms with Crippen molar-refractivity contribution in [1.29, 1.82) is 0 Å². The molecule has 0 fully saturated rings. The Hall–Kier alpha value is -2.49. The first kappa shape index (κ1) is 18.3. The van der Waals surface area contributed by atoms with Crippen LogP contribution in [0.1, 0.15) is 41.7 Å². The number of nitrogens with one attached hydrogen (secondary N) is 2. The van der Waals surface area contributed by atoms with Crippen molar-refractivity contribution in [3.63, 3.8) is 0 Å². The fourth-order valence-corrected chi connectivity index (χ4v) is 2.95. The second-order valence-electron chi connectivity index (χ2n) is 6.19. The second kappa shape index (κ2) is 7.02. The molecule has 3 heterocycles. The van der Waals surface area contributed by atoms with Crippen LogP contribution in [-0.2, 0) is 4.74 Å². The molecule has 0 saturated heterocycles. The highest BCUT2D eigenvalue weighted by Crippen LogP contribution is 2.43. The lowest BCUT2D eigenvalue weighted by atomic mass is 10.0. The summed E-state index contributed by atoms with van der Waals surface area (Å²) in [4.78, 5) is 12.2. The molecular formula is C16H19F3N4O3. The number of amides is 1. The molecule has 0 aromatic carbocycles. The number of methoxy groups -OCH3 is 1. The Bertz CT molecular complexity index is 757. The Balaban J connectivity index is 1.88. The molecule has 2 aromatic heterocycles. The van der Waals surface area contributed by atoms with E-state index in [9.17, 15) is 18.0 Å². The molecule has 1 aliphatic heterocycles. The van der Waals surface area contributed by atoms with Gasteiger partial charge >= 0.3 is 6.18 Å². The van der Waals surface area contributed by atoms with Gasteiger partial charge in [-0.05, 0) is 19.1 Å². The molecule has 2 aromatic rings. The largest absolute Gasteiger partial charge is 0.467 e. The van der Waals surface area contributed by atoms with Crippen molar-refractivity contribution >= 4 is 11.7 Å². The number of hydrogen-bond acceptors (Lipinski definition) is 5. The fourth-order valence-electron chi connectivity index (χ4n) is 2.95.